The van der Waals surface area contributed by atoms with Crippen molar-refractivity contribution in [3.05, 3.63) is 48.3 Å². The highest BCUT2D eigenvalue weighted by molar-refractivity contribution is 14.1. The summed E-state index contributed by atoms with van der Waals surface area (Å²) in [7, 11) is 10.4. The number of Topliss-reactive ketones (excluding diaryl/α,β-unsaturated/α-hetero) is 1. The summed E-state index contributed by atoms with van der Waals surface area (Å²) < 4.78 is 70.1. The number of aliphatic hydroxyl groups excluding tert-OH is 1. The van der Waals surface area contributed by atoms with Gasteiger partial charge in [0.05, 0.1) is 66.9 Å². The predicted octanol–water partition coefficient (Wildman–Crippen LogP) is 8.43. The molecule has 5 heterocycles. The molecule has 1 N–H and O–H groups in total. The third-order valence-electron chi connectivity index (χ3n) is 17.8. The molecule has 0 amide bonds. The zero-order chi connectivity index (χ0) is 57.7. The van der Waals surface area contributed by atoms with Crippen molar-refractivity contribution < 1.29 is 71.6 Å². The van der Waals surface area contributed by atoms with E-state index in [1.807, 2.05) is 83.9 Å². The number of aliphatic hydroxyl groups is 1. The number of anilines is 1. The molecule has 1 aromatic heterocycles. The number of fused-ring (bicyclic) bond motifs is 1. The quantitative estimate of drug-likeness (QED) is 0.0849. The lowest BCUT2D eigenvalue weighted by Crippen LogP contribution is -2.62. The first-order valence-corrected chi connectivity index (χ1v) is 30.5. The Labute approximate surface area is 487 Å². The average Bonchev–Trinajstić information content (AvgIpc) is 4.19. The fourth-order valence-corrected chi connectivity index (χ4v) is 15.3. The number of cyclic esters (lactones) is 1. The van der Waals surface area contributed by atoms with Crippen LogP contribution in [0.3, 0.4) is 0 Å². The normalized spacial score (nSPS) is 38.9. The zero-order valence-electron chi connectivity index (χ0n) is 49.2. The molecule has 7 rings (SSSR count). The van der Waals surface area contributed by atoms with E-state index >= 15 is 9.59 Å². The van der Waals surface area contributed by atoms with E-state index < -0.39 is 105 Å². The van der Waals surface area contributed by atoms with Gasteiger partial charge in [-0.05, 0) is 140 Å². The van der Waals surface area contributed by atoms with E-state index in [0.29, 0.717) is 36.8 Å². The second-order valence-electron chi connectivity index (χ2n) is 23.6. The summed E-state index contributed by atoms with van der Waals surface area (Å²) in [6.07, 6.45) is 3.06. The second kappa shape index (κ2) is 27.2. The Balaban J connectivity index is 1.24. The van der Waals surface area contributed by atoms with Crippen LogP contribution in [0.1, 0.15) is 113 Å². The van der Waals surface area contributed by atoms with Gasteiger partial charge < -0.3 is 62.1 Å². The number of thioether (sulfide) groups is 1. The number of nitrogens with zero attached hydrogens (tertiary/aromatic N) is 3. The van der Waals surface area contributed by atoms with Gasteiger partial charge in [-0.25, -0.2) is 0 Å². The van der Waals surface area contributed by atoms with Gasteiger partial charge in [0.1, 0.15) is 17.1 Å². The van der Waals surface area contributed by atoms with Gasteiger partial charge in [0.15, 0.2) is 33.8 Å². The molecule has 2 aromatic rings. The van der Waals surface area contributed by atoms with E-state index in [9.17, 15) is 9.90 Å². The SMILES string of the molecule is COc1ccc(N(CCS[C@@H]2C(=O)O[C@@]3(C)[C@H]2[C@@H](C)C(=O)[C@H](C)C[C@@](C)(OC)[C@H](O[C@@H]2O[C@H](C)C[C@@H](OC)[C@H]2N(C)C)[C@@H](C)[C@H](O[C@H]2C[C@@](C)(OC)[C@@H](O)[C@H](C)O2)[C@@H](C)C(=O)O[C@@H]3I)Cc2ccncc2)cc1OC1CCCC1. The standard InChI is InChI=1S/C59H90IN3O15S/c1-33-30-58(8,71-15)52(76-55-47(62(10)11)44(69-13)28-34(2)72-55)36(4)49(75-45-31-57(7,70-14)51(65)38(6)73-45)37(5)53(66)77-56(60)59(9)46(35(3)48(33)64)50(54(67)78-59)79-27-26-63(32-39-22-24-61-25-23-39)40-20-21-42(68-12)43(29-40)74-41-18-16-17-19-41/h20-25,29,33-38,41,44-47,49-52,55-56,65H,16-19,26-28,30-32H2,1-15H3/t33-,34-,35-,36+,37-,38+,44-,45+,46+,47-,49+,50+,51+,52-,55+,56+,57-,58-,59+/m1/s1. The van der Waals surface area contributed by atoms with Gasteiger partial charge in [0, 0.05) is 101 Å². The molecule has 0 bridgehead atoms. The molecule has 18 nitrogen and oxygen atoms in total. The molecular formula is C59H90IN3O15S. The van der Waals surface area contributed by atoms with Gasteiger partial charge in [0.2, 0.25) is 0 Å². The van der Waals surface area contributed by atoms with Crippen LogP contribution in [0.25, 0.3) is 0 Å². The maximum absolute atomic E-state index is 15.4. The van der Waals surface area contributed by atoms with Crippen LogP contribution in [-0.4, -0.2) is 175 Å². The molecule has 444 valence electrons. The van der Waals surface area contributed by atoms with E-state index in [1.54, 1.807) is 61.4 Å². The zero-order valence-corrected chi connectivity index (χ0v) is 52.2. The van der Waals surface area contributed by atoms with Crippen LogP contribution in [0, 0.1) is 29.6 Å². The monoisotopic (exact) mass is 1240 g/mol. The average molecular weight is 1240 g/mol. The molecular weight excluding hydrogens is 1150 g/mol. The molecule has 20 heteroatoms. The molecule has 1 aromatic carbocycles. The van der Waals surface area contributed by atoms with Gasteiger partial charge in [-0.15, -0.1) is 11.8 Å². The summed E-state index contributed by atoms with van der Waals surface area (Å²) in [5.41, 5.74) is -1.73. The molecule has 5 aliphatic rings. The number of benzene rings is 1. The molecule has 0 unspecified atom stereocenters. The van der Waals surface area contributed by atoms with Crippen molar-refractivity contribution in [1.82, 2.24) is 9.88 Å². The Morgan fingerprint density at radius 1 is 0.848 bits per heavy atom. The van der Waals surface area contributed by atoms with Gasteiger partial charge in [-0.2, -0.15) is 0 Å². The van der Waals surface area contributed by atoms with E-state index in [0.717, 1.165) is 36.9 Å². The lowest BCUT2D eigenvalue weighted by Gasteiger charge is -2.50. The Hall–Kier alpha value is -2.90. The minimum absolute atomic E-state index is 0.106. The number of ketones is 1. The van der Waals surface area contributed by atoms with Crippen molar-refractivity contribution in [1.29, 1.82) is 0 Å². The highest BCUT2D eigenvalue weighted by Crippen LogP contribution is 2.50. The van der Waals surface area contributed by atoms with Gasteiger partial charge in [-0.1, -0.05) is 20.8 Å². The number of carbonyl (C=O) groups excluding carboxylic acids is 3. The fraction of sp³-hybridized carbons (Fsp3) is 0.763. The molecule has 4 saturated heterocycles. The summed E-state index contributed by atoms with van der Waals surface area (Å²) >= 11 is 3.49. The van der Waals surface area contributed by atoms with Crippen LogP contribution >= 0.6 is 34.4 Å². The first kappa shape index (κ1) is 63.7. The van der Waals surface area contributed by atoms with Crippen molar-refractivity contribution in [2.24, 2.45) is 29.6 Å². The number of hydrogen-bond acceptors (Lipinski definition) is 19. The van der Waals surface area contributed by atoms with Gasteiger partial charge in [-0.3, -0.25) is 24.3 Å². The van der Waals surface area contributed by atoms with E-state index in [2.05, 4.69) is 32.5 Å². The maximum atomic E-state index is 15.4. The highest BCUT2D eigenvalue weighted by Gasteiger charge is 2.62. The Morgan fingerprint density at radius 2 is 1.53 bits per heavy atom. The molecule has 79 heavy (non-hydrogen) atoms. The number of halogens is 1. The van der Waals surface area contributed by atoms with Crippen molar-refractivity contribution in [2.45, 2.75) is 201 Å². The highest BCUT2D eigenvalue weighted by atomic mass is 127. The molecule has 19 atom stereocenters. The van der Waals surface area contributed by atoms with Crippen molar-refractivity contribution >= 4 is 57.8 Å². The van der Waals surface area contributed by atoms with Crippen LogP contribution in [-0.2, 0) is 63.6 Å². The smallest absolute Gasteiger partial charge is 0.320 e. The van der Waals surface area contributed by atoms with Gasteiger partial charge in [0.25, 0.3) is 0 Å². The summed E-state index contributed by atoms with van der Waals surface area (Å²) in [4.78, 5) is 53.7. The number of aromatic nitrogens is 1. The van der Waals surface area contributed by atoms with Crippen LogP contribution in [0.15, 0.2) is 42.7 Å². The number of alkyl halides is 1. The number of hydrogen-bond donors (Lipinski definition) is 1. The van der Waals surface area contributed by atoms with Crippen LogP contribution in [0.4, 0.5) is 5.69 Å². The number of carbonyl (C=O) groups is 3. The Morgan fingerprint density at radius 3 is 2.16 bits per heavy atom. The first-order valence-electron chi connectivity index (χ1n) is 28.2. The minimum Gasteiger partial charge on any atom is -0.493 e. The summed E-state index contributed by atoms with van der Waals surface area (Å²) in [6.45, 7) is 17.7. The summed E-state index contributed by atoms with van der Waals surface area (Å²) in [5.74, 6) is -3.19. The van der Waals surface area contributed by atoms with Crippen molar-refractivity contribution in [3.8, 4) is 11.5 Å². The molecule has 0 radical (unpaired) electrons. The van der Waals surface area contributed by atoms with Crippen LogP contribution in [0.5, 0.6) is 11.5 Å². The largest absolute Gasteiger partial charge is 0.493 e. The molecule has 4 aliphatic heterocycles. The molecule has 1 aliphatic carbocycles. The Kier molecular flexibility index (Phi) is 21.9. The third-order valence-corrected chi connectivity index (χ3v) is 20.5. The first-order chi connectivity index (χ1) is 37.4. The lowest BCUT2D eigenvalue weighted by atomic mass is 9.72. The number of pyridine rings is 1. The minimum atomic E-state index is -1.44. The summed E-state index contributed by atoms with van der Waals surface area (Å²) in [6, 6.07) is 9.60. The molecule has 0 spiro atoms. The lowest BCUT2D eigenvalue weighted by molar-refractivity contribution is -0.316. The van der Waals surface area contributed by atoms with Crippen molar-refractivity contribution in [3.63, 3.8) is 0 Å². The number of methoxy groups -OCH3 is 4. The van der Waals surface area contributed by atoms with E-state index in [-0.39, 0.29) is 43.0 Å². The van der Waals surface area contributed by atoms with Crippen LogP contribution in [0.2, 0.25) is 0 Å². The predicted molar refractivity (Wildman–Crippen MR) is 308 cm³/mol. The Bertz CT molecular complexity index is 2340. The summed E-state index contributed by atoms with van der Waals surface area (Å²) in [5, 5.41) is 10.4. The third kappa shape index (κ3) is 14.2. The van der Waals surface area contributed by atoms with Crippen molar-refractivity contribution in [2.75, 3.05) is 59.7 Å². The van der Waals surface area contributed by atoms with Gasteiger partial charge >= 0.3 is 11.9 Å². The second-order valence-corrected chi connectivity index (χ2v) is 26.0. The number of rotatable bonds is 18. The fourth-order valence-electron chi connectivity index (χ4n) is 13.0. The number of likely N-dealkylation sites (N-methyl/N-ethyl adjacent to an activating group) is 1. The number of esters is 2. The topological polar surface area (TPSA) is 192 Å². The number of ether oxygens (including phenoxy) is 11. The van der Waals surface area contributed by atoms with E-state index in [4.69, 9.17) is 52.1 Å². The van der Waals surface area contributed by atoms with E-state index in [1.165, 1.54) is 18.9 Å². The molecule has 5 fully saturated rings. The maximum Gasteiger partial charge on any atom is 0.320 e. The molecule has 1 saturated carbocycles. The van der Waals surface area contributed by atoms with Crippen LogP contribution < -0.4 is 14.4 Å².